The molecule has 0 aliphatic carbocycles. The minimum absolute atomic E-state index is 0.129. The molecule has 2 aromatic carbocycles. The molecule has 0 saturated heterocycles. The van der Waals surface area contributed by atoms with E-state index in [1.807, 2.05) is 31.3 Å². The fourth-order valence-corrected chi connectivity index (χ4v) is 2.81. The highest BCUT2D eigenvalue weighted by atomic mass is 16.5. The number of hydrogen-bond donors (Lipinski definition) is 3. The maximum absolute atomic E-state index is 6.12. The molecule has 0 amide bonds. The normalized spacial score (nSPS) is 12.5. The molecule has 0 bridgehead atoms. The Labute approximate surface area is 142 Å². The van der Waals surface area contributed by atoms with Gasteiger partial charge in [-0.1, -0.05) is 12.1 Å². The summed E-state index contributed by atoms with van der Waals surface area (Å²) < 4.78 is 11.0. The molecule has 24 heavy (non-hydrogen) atoms. The molecule has 0 fully saturated rings. The predicted octanol–water partition coefficient (Wildman–Crippen LogP) is 1.59. The van der Waals surface area contributed by atoms with Crippen LogP contribution in [-0.2, 0) is 0 Å². The Morgan fingerprint density at radius 3 is 2.62 bits per heavy atom. The molecule has 0 radical (unpaired) electrons. The van der Waals surface area contributed by atoms with Crippen molar-refractivity contribution in [2.45, 2.75) is 12.5 Å². The summed E-state index contributed by atoms with van der Waals surface area (Å²) in [5.41, 5.74) is 0.968. The SMILES string of the molecule is CNCCC(c1cc2cccc(OC)c2cc1OC)N(N)/C=N\N. The lowest BCUT2D eigenvalue weighted by atomic mass is 9.97. The second-order valence-corrected chi connectivity index (χ2v) is 5.40. The van der Waals surface area contributed by atoms with Crippen LogP contribution in [0.15, 0.2) is 35.4 Å². The molecule has 2 aromatic rings. The molecule has 0 spiro atoms. The predicted molar refractivity (Wildman–Crippen MR) is 97.0 cm³/mol. The molecule has 0 heterocycles. The number of nitrogens with one attached hydrogen (secondary N) is 1. The zero-order valence-electron chi connectivity index (χ0n) is 14.3. The minimum atomic E-state index is -0.129. The van der Waals surface area contributed by atoms with Crippen LogP contribution in [0.4, 0.5) is 0 Å². The molecule has 1 unspecified atom stereocenters. The molecule has 7 heteroatoms. The van der Waals surface area contributed by atoms with Crippen LogP contribution in [0.2, 0.25) is 0 Å². The summed E-state index contributed by atoms with van der Waals surface area (Å²) in [6.07, 6.45) is 2.18. The van der Waals surface area contributed by atoms with Crippen molar-refractivity contribution in [2.75, 3.05) is 27.8 Å². The quantitative estimate of drug-likeness (QED) is 0.294. The highest BCUT2D eigenvalue weighted by molar-refractivity contribution is 5.90. The Morgan fingerprint density at radius 1 is 1.25 bits per heavy atom. The van der Waals surface area contributed by atoms with Gasteiger partial charge in [0.15, 0.2) is 0 Å². The second-order valence-electron chi connectivity index (χ2n) is 5.40. The van der Waals surface area contributed by atoms with Gasteiger partial charge in [-0.3, -0.25) is 5.01 Å². The Balaban J connectivity index is 2.57. The number of nitrogens with two attached hydrogens (primary N) is 2. The van der Waals surface area contributed by atoms with Crippen molar-refractivity contribution in [1.82, 2.24) is 10.3 Å². The van der Waals surface area contributed by atoms with E-state index in [0.29, 0.717) is 0 Å². The molecule has 7 nitrogen and oxygen atoms in total. The van der Waals surface area contributed by atoms with Crippen LogP contribution in [0.3, 0.4) is 0 Å². The molecule has 2 rings (SSSR count). The van der Waals surface area contributed by atoms with Gasteiger partial charge in [0, 0.05) is 10.9 Å². The van der Waals surface area contributed by atoms with Gasteiger partial charge < -0.3 is 20.6 Å². The van der Waals surface area contributed by atoms with E-state index in [1.165, 1.54) is 11.3 Å². The average molecular weight is 331 g/mol. The standard InChI is InChI=1S/C17H25N5O2/c1-20-8-7-15(22(19)11-21-18)14-9-12-5-4-6-16(23-2)13(12)10-17(14)24-3/h4-6,9-11,15,20H,7-8,18-19H2,1-3H3/b21-11-. The third kappa shape index (κ3) is 3.69. The zero-order chi connectivity index (χ0) is 17.5. The minimum Gasteiger partial charge on any atom is -0.496 e. The first-order valence-corrected chi connectivity index (χ1v) is 7.71. The van der Waals surface area contributed by atoms with Crippen LogP contribution in [0.5, 0.6) is 11.5 Å². The molecule has 5 N–H and O–H groups in total. The van der Waals surface area contributed by atoms with Gasteiger partial charge >= 0.3 is 0 Å². The van der Waals surface area contributed by atoms with Crippen LogP contribution >= 0.6 is 0 Å². The molecule has 1 atom stereocenters. The Bertz CT molecular complexity index is 705. The summed E-state index contributed by atoms with van der Waals surface area (Å²) in [5, 5.41) is 10.2. The van der Waals surface area contributed by atoms with Gasteiger partial charge in [0.05, 0.1) is 20.3 Å². The van der Waals surface area contributed by atoms with Gasteiger partial charge in [-0.25, -0.2) is 5.84 Å². The average Bonchev–Trinajstić information content (AvgIpc) is 2.61. The topological polar surface area (TPSA) is 98.1 Å². The van der Waals surface area contributed by atoms with E-state index in [4.69, 9.17) is 21.2 Å². The van der Waals surface area contributed by atoms with E-state index in [-0.39, 0.29) is 6.04 Å². The highest BCUT2D eigenvalue weighted by Gasteiger charge is 2.21. The monoisotopic (exact) mass is 331 g/mol. The maximum Gasteiger partial charge on any atom is 0.126 e. The fourth-order valence-electron chi connectivity index (χ4n) is 2.81. The number of hydrazine groups is 1. The largest absolute Gasteiger partial charge is 0.496 e. The van der Waals surface area contributed by atoms with Gasteiger partial charge in [0.1, 0.15) is 17.8 Å². The molecule has 0 saturated carbocycles. The van der Waals surface area contributed by atoms with Gasteiger partial charge in [-0.2, -0.15) is 5.10 Å². The van der Waals surface area contributed by atoms with E-state index in [2.05, 4.69) is 16.5 Å². The van der Waals surface area contributed by atoms with E-state index >= 15 is 0 Å². The van der Waals surface area contributed by atoms with Crippen molar-refractivity contribution in [3.05, 3.63) is 35.9 Å². The smallest absolute Gasteiger partial charge is 0.126 e. The summed E-state index contributed by atoms with van der Waals surface area (Å²) in [6, 6.07) is 9.84. The number of ether oxygens (including phenoxy) is 2. The van der Waals surface area contributed by atoms with Crippen LogP contribution in [0.1, 0.15) is 18.0 Å². The summed E-state index contributed by atoms with van der Waals surface area (Å²) in [5.74, 6) is 12.9. The maximum atomic E-state index is 6.12. The molecule has 130 valence electrons. The van der Waals surface area contributed by atoms with Crippen LogP contribution in [0, 0.1) is 0 Å². The van der Waals surface area contributed by atoms with E-state index in [9.17, 15) is 0 Å². The van der Waals surface area contributed by atoms with E-state index in [1.54, 1.807) is 14.2 Å². The number of hydrogen-bond acceptors (Lipinski definition) is 6. The first kappa shape index (κ1) is 17.8. The van der Waals surface area contributed by atoms with Gasteiger partial charge in [0.2, 0.25) is 0 Å². The molecule has 0 aromatic heterocycles. The number of fused-ring (bicyclic) bond motifs is 1. The van der Waals surface area contributed by atoms with Crippen molar-refractivity contribution >= 4 is 17.1 Å². The van der Waals surface area contributed by atoms with Crippen molar-refractivity contribution in [2.24, 2.45) is 16.8 Å². The van der Waals surface area contributed by atoms with Crippen molar-refractivity contribution in [3.63, 3.8) is 0 Å². The fraction of sp³-hybridized carbons (Fsp3) is 0.353. The molecule has 0 aliphatic rings. The summed E-state index contributed by atoms with van der Waals surface area (Å²) in [7, 11) is 5.20. The Morgan fingerprint density at radius 2 is 2.00 bits per heavy atom. The Hall–Kier alpha value is -2.51. The number of nitrogens with zero attached hydrogens (tertiary/aromatic N) is 2. The lowest BCUT2D eigenvalue weighted by Gasteiger charge is -2.27. The van der Waals surface area contributed by atoms with E-state index < -0.39 is 0 Å². The third-order valence-electron chi connectivity index (χ3n) is 4.00. The van der Waals surface area contributed by atoms with Crippen molar-refractivity contribution < 1.29 is 9.47 Å². The number of hydrazone groups is 1. The second kappa shape index (κ2) is 8.37. The van der Waals surface area contributed by atoms with Crippen molar-refractivity contribution in [1.29, 1.82) is 0 Å². The molecular weight excluding hydrogens is 306 g/mol. The summed E-state index contributed by atoms with van der Waals surface area (Å²) >= 11 is 0. The number of methoxy groups -OCH3 is 2. The van der Waals surface area contributed by atoms with Crippen LogP contribution in [-0.4, -0.2) is 39.2 Å². The first-order valence-electron chi connectivity index (χ1n) is 7.71. The van der Waals surface area contributed by atoms with Crippen LogP contribution < -0.4 is 26.5 Å². The molecule has 0 aliphatic heterocycles. The molecular formula is C17H25N5O2. The van der Waals surface area contributed by atoms with Gasteiger partial charge in [0.25, 0.3) is 0 Å². The summed E-state index contributed by atoms with van der Waals surface area (Å²) in [6.45, 7) is 0.788. The highest BCUT2D eigenvalue weighted by Crippen LogP contribution is 2.36. The first-order chi connectivity index (χ1) is 11.7. The van der Waals surface area contributed by atoms with Gasteiger partial charge in [-0.15, -0.1) is 0 Å². The number of rotatable bonds is 8. The lowest BCUT2D eigenvalue weighted by molar-refractivity contribution is 0.304. The summed E-state index contributed by atoms with van der Waals surface area (Å²) in [4.78, 5) is 0. The van der Waals surface area contributed by atoms with Gasteiger partial charge in [-0.05, 0) is 43.6 Å². The van der Waals surface area contributed by atoms with E-state index in [0.717, 1.165) is 40.8 Å². The zero-order valence-corrected chi connectivity index (χ0v) is 14.3. The number of benzene rings is 2. The van der Waals surface area contributed by atoms with Crippen molar-refractivity contribution in [3.8, 4) is 11.5 Å². The Kier molecular flexibility index (Phi) is 6.22. The third-order valence-corrected chi connectivity index (χ3v) is 4.00. The lowest BCUT2D eigenvalue weighted by Crippen LogP contribution is -2.36. The van der Waals surface area contributed by atoms with Crippen LogP contribution in [0.25, 0.3) is 10.8 Å².